The van der Waals surface area contributed by atoms with Crippen LogP contribution in [-0.4, -0.2) is 28.3 Å². The molecule has 0 bridgehead atoms. The van der Waals surface area contributed by atoms with Gasteiger partial charge in [-0.05, 0) is 13.0 Å². The minimum Gasteiger partial charge on any atom is -0.369 e. The molecule has 0 aliphatic heterocycles. The maximum atomic E-state index is 10.8. The minimum atomic E-state index is -0.270. The van der Waals surface area contributed by atoms with Gasteiger partial charge in [-0.25, -0.2) is 0 Å². The summed E-state index contributed by atoms with van der Waals surface area (Å²) in [4.78, 5) is 10.8. The lowest BCUT2D eigenvalue weighted by Crippen LogP contribution is -2.37. The van der Waals surface area contributed by atoms with Crippen molar-refractivity contribution < 1.29 is 4.79 Å². The number of nitrogens with two attached hydrogens (primary N) is 1. The fraction of sp³-hybridized carbons (Fsp3) is 0.600. The highest BCUT2D eigenvalue weighted by atomic mass is 16.1. The van der Waals surface area contributed by atoms with Crippen molar-refractivity contribution in [2.24, 2.45) is 11.7 Å². The van der Waals surface area contributed by atoms with Crippen molar-refractivity contribution in [1.29, 1.82) is 0 Å². The van der Waals surface area contributed by atoms with Crippen LogP contribution in [0.3, 0.4) is 0 Å². The average Bonchev–Trinajstić information content (AvgIpc) is 2.66. The molecule has 0 radical (unpaired) electrons. The Bertz CT molecular complexity index is 296. The van der Waals surface area contributed by atoms with Crippen LogP contribution in [-0.2, 0) is 11.3 Å². The van der Waals surface area contributed by atoms with Gasteiger partial charge in [0.1, 0.15) is 0 Å². The average molecular weight is 210 g/mol. The lowest BCUT2D eigenvalue weighted by molar-refractivity contribution is -0.121. The van der Waals surface area contributed by atoms with Crippen molar-refractivity contribution in [2.45, 2.75) is 26.4 Å². The number of aromatic nitrogens is 2. The first-order chi connectivity index (χ1) is 7.09. The van der Waals surface area contributed by atoms with Crippen LogP contribution < -0.4 is 11.1 Å². The largest absolute Gasteiger partial charge is 0.369 e. The zero-order chi connectivity index (χ0) is 11.3. The van der Waals surface area contributed by atoms with E-state index in [0.717, 1.165) is 6.54 Å². The molecule has 0 aromatic carbocycles. The number of hydrogen-bond acceptors (Lipinski definition) is 3. The van der Waals surface area contributed by atoms with Crippen LogP contribution in [0.1, 0.15) is 13.8 Å². The highest BCUT2D eigenvalue weighted by Gasteiger charge is 2.10. The maximum Gasteiger partial charge on any atom is 0.221 e. The quantitative estimate of drug-likeness (QED) is 0.693. The SMILES string of the molecule is CC(Cn1cccn1)NCC(C)C(N)=O. The van der Waals surface area contributed by atoms with Crippen LogP contribution in [0.15, 0.2) is 18.5 Å². The second kappa shape index (κ2) is 5.50. The Kier molecular flexibility index (Phi) is 4.30. The monoisotopic (exact) mass is 210 g/mol. The molecule has 0 spiro atoms. The second-order valence-electron chi connectivity index (χ2n) is 3.84. The molecule has 5 nitrogen and oxygen atoms in total. The number of nitrogens with zero attached hydrogens (tertiary/aromatic N) is 2. The van der Waals surface area contributed by atoms with Crippen molar-refractivity contribution in [1.82, 2.24) is 15.1 Å². The topological polar surface area (TPSA) is 72.9 Å². The minimum absolute atomic E-state index is 0.134. The van der Waals surface area contributed by atoms with Crippen LogP contribution in [0.4, 0.5) is 0 Å². The van der Waals surface area contributed by atoms with Gasteiger partial charge in [-0.3, -0.25) is 9.48 Å². The normalized spacial score (nSPS) is 14.8. The fourth-order valence-corrected chi connectivity index (χ4v) is 1.23. The number of hydrogen-bond donors (Lipinski definition) is 2. The Balaban J connectivity index is 2.25. The Morgan fingerprint density at radius 2 is 2.33 bits per heavy atom. The van der Waals surface area contributed by atoms with Crippen LogP contribution in [0.25, 0.3) is 0 Å². The molecule has 3 N–H and O–H groups in total. The number of primary amides is 1. The van der Waals surface area contributed by atoms with E-state index < -0.39 is 0 Å². The molecule has 0 fully saturated rings. The Hall–Kier alpha value is -1.36. The number of nitrogens with one attached hydrogen (secondary N) is 1. The molecule has 0 saturated carbocycles. The van der Waals surface area contributed by atoms with Crippen molar-refractivity contribution >= 4 is 5.91 Å². The summed E-state index contributed by atoms with van der Waals surface area (Å²) in [6.07, 6.45) is 3.66. The van der Waals surface area contributed by atoms with Crippen LogP contribution in [0.2, 0.25) is 0 Å². The van der Waals surface area contributed by atoms with Gasteiger partial charge in [0.15, 0.2) is 0 Å². The van der Waals surface area contributed by atoms with Gasteiger partial charge in [0.25, 0.3) is 0 Å². The van der Waals surface area contributed by atoms with Gasteiger partial charge in [-0.15, -0.1) is 0 Å². The van der Waals surface area contributed by atoms with E-state index in [2.05, 4.69) is 17.3 Å². The summed E-state index contributed by atoms with van der Waals surface area (Å²) >= 11 is 0. The lowest BCUT2D eigenvalue weighted by Gasteiger charge is -2.15. The van der Waals surface area contributed by atoms with Gasteiger partial charge in [0, 0.05) is 30.9 Å². The standard InChI is InChI=1S/C10H18N4O/c1-8(10(11)15)6-12-9(2)7-14-5-3-4-13-14/h3-5,8-9,12H,6-7H2,1-2H3,(H2,11,15). The zero-order valence-electron chi connectivity index (χ0n) is 9.18. The summed E-state index contributed by atoms with van der Waals surface area (Å²) in [6, 6.07) is 2.16. The van der Waals surface area contributed by atoms with Crippen molar-refractivity contribution in [3.05, 3.63) is 18.5 Å². The molecule has 0 aliphatic rings. The van der Waals surface area contributed by atoms with E-state index in [9.17, 15) is 4.79 Å². The van der Waals surface area contributed by atoms with E-state index in [4.69, 9.17) is 5.73 Å². The predicted octanol–water partition coefficient (Wildman–Crippen LogP) is -0.0174. The molecular formula is C10H18N4O. The van der Waals surface area contributed by atoms with E-state index in [0.29, 0.717) is 6.54 Å². The smallest absolute Gasteiger partial charge is 0.221 e. The van der Waals surface area contributed by atoms with E-state index >= 15 is 0 Å². The highest BCUT2D eigenvalue weighted by Crippen LogP contribution is 1.94. The molecule has 2 atom stereocenters. The third-order valence-corrected chi connectivity index (χ3v) is 2.28. The van der Waals surface area contributed by atoms with Gasteiger partial charge in [-0.1, -0.05) is 6.92 Å². The van der Waals surface area contributed by atoms with Crippen molar-refractivity contribution in [3.63, 3.8) is 0 Å². The fourth-order valence-electron chi connectivity index (χ4n) is 1.23. The van der Waals surface area contributed by atoms with Gasteiger partial charge in [-0.2, -0.15) is 5.10 Å². The molecule has 84 valence electrons. The van der Waals surface area contributed by atoms with E-state index in [1.807, 2.05) is 23.9 Å². The summed E-state index contributed by atoms with van der Waals surface area (Å²) in [5, 5.41) is 7.34. The van der Waals surface area contributed by atoms with Crippen molar-refractivity contribution in [3.8, 4) is 0 Å². The summed E-state index contributed by atoms with van der Waals surface area (Å²) in [5.41, 5.74) is 5.16. The summed E-state index contributed by atoms with van der Waals surface area (Å²) in [5.74, 6) is -0.404. The second-order valence-corrected chi connectivity index (χ2v) is 3.84. The summed E-state index contributed by atoms with van der Waals surface area (Å²) < 4.78 is 1.85. The first kappa shape index (κ1) is 11.7. The first-order valence-electron chi connectivity index (χ1n) is 5.09. The first-order valence-corrected chi connectivity index (χ1v) is 5.09. The summed E-state index contributed by atoms with van der Waals surface area (Å²) in [6.45, 7) is 5.27. The number of amides is 1. The molecule has 1 heterocycles. The molecule has 1 aromatic rings. The Morgan fingerprint density at radius 3 is 2.87 bits per heavy atom. The van der Waals surface area contributed by atoms with Gasteiger partial charge < -0.3 is 11.1 Å². The number of carbonyl (C=O) groups excluding carboxylic acids is 1. The Labute approximate surface area is 89.6 Å². The van der Waals surface area contributed by atoms with E-state index in [1.54, 1.807) is 6.20 Å². The van der Waals surface area contributed by atoms with Gasteiger partial charge in [0.2, 0.25) is 5.91 Å². The summed E-state index contributed by atoms with van der Waals surface area (Å²) in [7, 11) is 0. The molecule has 1 aromatic heterocycles. The third-order valence-electron chi connectivity index (χ3n) is 2.28. The highest BCUT2D eigenvalue weighted by molar-refractivity contribution is 5.76. The van der Waals surface area contributed by atoms with E-state index in [1.165, 1.54) is 0 Å². The third kappa shape index (κ3) is 4.12. The molecule has 5 heteroatoms. The molecule has 2 unspecified atom stereocenters. The number of carbonyl (C=O) groups is 1. The van der Waals surface area contributed by atoms with Crippen LogP contribution in [0.5, 0.6) is 0 Å². The van der Waals surface area contributed by atoms with Crippen LogP contribution >= 0.6 is 0 Å². The van der Waals surface area contributed by atoms with Crippen molar-refractivity contribution in [2.75, 3.05) is 6.54 Å². The van der Waals surface area contributed by atoms with Gasteiger partial charge >= 0.3 is 0 Å². The van der Waals surface area contributed by atoms with Gasteiger partial charge in [0.05, 0.1) is 6.54 Å². The molecule has 0 aliphatic carbocycles. The maximum absolute atomic E-state index is 10.8. The van der Waals surface area contributed by atoms with Crippen LogP contribution in [0, 0.1) is 5.92 Å². The Morgan fingerprint density at radius 1 is 1.60 bits per heavy atom. The predicted molar refractivity (Wildman–Crippen MR) is 58.1 cm³/mol. The molecule has 15 heavy (non-hydrogen) atoms. The lowest BCUT2D eigenvalue weighted by atomic mass is 10.1. The molecular weight excluding hydrogens is 192 g/mol. The molecule has 1 amide bonds. The number of rotatable bonds is 6. The van der Waals surface area contributed by atoms with E-state index in [-0.39, 0.29) is 17.9 Å². The molecule has 1 rings (SSSR count). The zero-order valence-corrected chi connectivity index (χ0v) is 9.18. The molecule has 0 saturated heterocycles.